The second kappa shape index (κ2) is 8.21. The molecule has 1 aromatic carbocycles. The lowest BCUT2D eigenvalue weighted by molar-refractivity contribution is 0.198. The first-order chi connectivity index (χ1) is 10.3. The molecule has 0 saturated heterocycles. The Bertz CT molecular complexity index is 533. The van der Waals surface area contributed by atoms with Crippen LogP contribution in [0.3, 0.4) is 0 Å². The second-order valence-corrected chi connectivity index (χ2v) is 4.59. The molecule has 0 unspecified atom stereocenters. The number of nitrogens with one attached hydrogen (secondary N) is 1. The van der Waals surface area contributed by atoms with E-state index in [9.17, 15) is 0 Å². The minimum atomic E-state index is 0.709. The Balaban J connectivity index is 2.08. The lowest BCUT2D eigenvalue weighted by Crippen LogP contribution is -2.19. The summed E-state index contributed by atoms with van der Waals surface area (Å²) in [5.74, 6) is 1.55. The highest BCUT2D eigenvalue weighted by Crippen LogP contribution is 2.21. The predicted molar refractivity (Wildman–Crippen MR) is 86.1 cm³/mol. The Morgan fingerprint density at radius 1 is 1.19 bits per heavy atom. The van der Waals surface area contributed by atoms with Gasteiger partial charge in [-0.25, -0.2) is 4.98 Å². The van der Waals surface area contributed by atoms with E-state index in [0.717, 1.165) is 37.6 Å². The Morgan fingerprint density at radius 3 is 2.71 bits per heavy atom. The van der Waals surface area contributed by atoms with E-state index in [0.29, 0.717) is 5.95 Å². The molecule has 1 heterocycles. The number of benzene rings is 1. The van der Waals surface area contributed by atoms with Crippen LogP contribution in [-0.2, 0) is 4.74 Å². The fourth-order valence-electron chi connectivity index (χ4n) is 2.06. The van der Waals surface area contributed by atoms with Crippen LogP contribution in [0.5, 0.6) is 0 Å². The van der Waals surface area contributed by atoms with Gasteiger partial charge in [-0.3, -0.25) is 0 Å². The molecule has 0 fully saturated rings. The van der Waals surface area contributed by atoms with Crippen molar-refractivity contribution in [3.8, 4) is 0 Å². The monoisotopic (exact) mass is 286 g/mol. The first kappa shape index (κ1) is 15.3. The zero-order valence-corrected chi connectivity index (χ0v) is 12.6. The molecule has 5 heteroatoms. The fourth-order valence-corrected chi connectivity index (χ4v) is 2.06. The predicted octanol–water partition coefficient (Wildman–Crippen LogP) is 3.08. The largest absolute Gasteiger partial charge is 0.385 e. The smallest absolute Gasteiger partial charge is 0.231 e. The fraction of sp³-hybridized carbons (Fsp3) is 0.375. The number of anilines is 3. The van der Waals surface area contributed by atoms with Crippen molar-refractivity contribution in [3.05, 3.63) is 42.6 Å². The van der Waals surface area contributed by atoms with Crippen molar-refractivity contribution >= 4 is 17.5 Å². The first-order valence-corrected chi connectivity index (χ1v) is 7.23. The van der Waals surface area contributed by atoms with Crippen LogP contribution < -0.4 is 10.2 Å². The van der Waals surface area contributed by atoms with Gasteiger partial charge in [0.2, 0.25) is 5.95 Å². The van der Waals surface area contributed by atoms with Gasteiger partial charge in [-0.1, -0.05) is 18.2 Å². The van der Waals surface area contributed by atoms with Gasteiger partial charge in [0, 0.05) is 38.7 Å². The van der Waals surface area contributed by atoms with Gasteiger partial charge in [0.25, 0.3) is 0 Å². The highest BCUT2D eigenvalue weighted by atomic mass is 16.5. The maximum Gasteiger partial charge on any atom is 0.231 e. The number of hydrogen-bond donors (Lipinski definition) is 1. The van der Waals surface area contributed by atoms with Crippen LogP contribution in [-0.4, -0.2) is 36.8 Å². The third-order valence-electron chi connectivity index (χ3n) is 3.10. The molecule has 0 radical (unpaired) electrons. The quantitative estimate of drug-likeness (QED) is 0.756. The molecular formula is C16H22N4O. The van der Waals surface area contributed by atoms with Crippen molar-refractivity contribution in [2.45, 2.75) is 13.3 Å². The molecular weight excluding hydrogens is 264 g/mol. The van der Waals surface area contributed by atoms with Crippen molar-refractivity contribution < 1.29 is 4.74 Å². The first-order valence-electron chi connectivity index (χ1n) is 7.23. The second-order valence-electron chi connectivity index (χ2n) is 4.59. The molecule has 0 bridgehead atoms. The van der Waals surface area contributed by atoms with Crippen LogP contribution in [0, 0.1) is 0 Å². The molecule has 0 saturated carbocycles. The molecule has 1 aromatic heterocycles. The summed E-state index contributed by atoms with van der Waals surface area (Å²) in [6, 6.07) is 12.0. The highest BCUT2D eigenvalue weighted by molar-refractivity contribution is 5.58. The minimum absolute atomic E-state index is 0.709. The summed E-state index contributed by atoms with van der Waals surface area (Å²) in [6.45, 7) is 4.49. The van der Waals surface area contributed by atoms with E-state index in [1.54, 1.807) is 13.3 Å². The van der Waals surface area contributed by atoms with Gasteiger partial charge < -0.3 is 15.0 Å². The summed E-state index contributed by atoms with van der Waals surface area (Å²) in [4.78, 5) is 11.0. The van der Waals surface area contributed by atoms with Crippen LogP contribution in [0.25, 0.3) is 0 Å². The lowest BCUT2D eigenvalue weighted by atomic mass is 10.3. The van der Waals surface area contributed by atoms with Gasteiger partial charge in [-0.15, -0.1) is 0 Å². The SMILES string of the molecule is CCN(c1ccccc1)c1nccc(NCCCOC)n1. The molecule has 0 atom stereocenters. The van der Waals surface area contributed by atoms with Crippen LogP contribution in [0.15, 0.2) is 42.6 Å². The third-order valence-corrected chi connectivity index (χ3v) is 3.10. The zero-order valence-electron chi connectivity index (χ0n) is 12.6. The molecule has 1 N–H and O–H groups in total. The number of rotatable bonds is 8. The molecule has 0 aliphatic heterocycles. The summed E-state index contributed by atoms with van der Waals surface area (Å²) in [6.07, 6.45) is 2.73. The molecule has 0 spiro atoms. The van der Waals surface area contributed by atoms with Gasteiger partial charge in [-0.2, -0.15) is 4.98 Å². The highest BCUT2D eigenvalue weighted by Gasteiger charge is 2.10. The van der Waals surface area contributed by atoms with Crippen molar-refractivity contribution in [3.63, 3.8) is 0 Å². The maximum absolute atomic E-state index is 5.04. The van der Waals surface area contributed by atoms with E-state index in [4.69, 9.17) is 4.74 Å². The van der Waals surface area contributed by atoms with Gasteiger partial charge in [0.15, 0.2) is 0 Å². The summed E-state index contributed by atoms with van der Waals surface area (Å²) >= 11 is 0. The van der Waals surface area contributed by atoms with Crippen molar-refractivity contribution in [1.82, 2.24) is 9.97 Å². The topological polar surface area (TPSA) is 50.3 Å². The molecule has 0 aliphatic rings. The molecule has 21 heavy (non-hydrogen) atoms. The van der Waals surface area contributed by atoms with Gasteiger partial charge in [0.1, 0.15) is 5.82 Å². The number of aromatic nitrogens is 2. The number of nitrogens with zero attached hydrogens (tertiary/aromatic N) is 3. The van der Waals surface area contributed by atoms with Crippen molar-refractivity contribution in [2.24, 2.45) is 0 Å². The number of ether oxygens (including phenoxy) is 1. The summed E-state index contributed by atoms with van der Waals surface area (Å²) < 4.78 is 5.04. The van der Waals surface area contributed by atoms with Crippen molar-refractivity contribution in [2.75, 3.05) is 37.0 Å². The van der Waals surface area contributed by atoms with Crippen LogP contribution in [0.1, 0.15) is 13.3 Å². The van der Waals surface area contributed by atoms with Gasteiger partial charge in [-0.05, 0) is 31.5 Å². The molecule has 0 aliphatic carbocycles. The Kier molecular flexibility index (Phi) is 5.97. The number of hydrogen-bond acceptors (Lipinski definition) is 5. The van der Waals surface area contributed by atoms with Crippen LogP contribution in [0.2, 0.25) is 0 Å². The molecule has 0 amide bonds. The summed E-state index contributed by atoms with van der Waals surface area (Å²) in [5.41, 5.74) is 1.09. The average Bonchev–Trinajstić information content (AvgIpc) is 2.54. The van der Waals surface area contributed by atoms with Crippen molar-refractivity contribution in [1.29, 1.82) is 0 Å². The molecule has 2 aromatic rings. The normalized spacial score (nSPS) is 10.4. The van der Waals surface area contributed by atoms with E-state index in [-0.39, 0.29) is 0 Å². The minimum Gasteiger partial charge on any atom is -0.385 e. The molecule has 2 rings (SSSR count). The molecule has 112 valence electrons. The Morgan fingerprint density at radius 2 is 2.00 bits per heavy atom. The van der Waals surface area contributed by atoms with E-state index in [1.165, 1.54) is 0 Å². The van der Waals surface area contributed by atoms with Crippen LogP contribution >= 0.6 is 0 Å². The molecule has 5 nitrogen and oxygen atoms in total. The summed E-state index contributed by atoms with van der Waals surface area (Å²) in [5, 5.41) is 3.29. The van der Waals surface area contributed by atoms with E-state index in [2.05, 4.69) is 39.2 Å². The summed E-state index contributed by atoms with van der Waals surface area (Å²) in [7, 11) is 1.71. The number of methoxy groups -OCH3 is 1. The Labute approximate surface area is 126 Å². The zero-order chi connectivity index (χ0) is 14.9. The maximum atomic E-state index is 5.04. The van der Waals surface area contributed by atoms with Gasteiger partial charge in [0.05, 0.1) is 0 Å². The van der Waals surface area contributed by atoms with Gasteiger partial charge >= 0.3 is 0 Å². The average molecular weight is 286 g/mol. The van der Waals surface area contributed by atoms with E-state index >= 15 is 0 Å². The Hall–Kier alpha value is -2.14. The lowest BCUT2D eigenvalue weighted by Gasteiger charge is -2.21. The number of para-hydroxylation sites is 1. The standard InChI is InChI=1S/C16H22N4O/c1-3-20(14-8-5-4-6-9-14)16-18-12-10-15(19-16)17-11-7-13-21-2/h4-6,8-10,12H,3,7,11,13H2,1-2H3,(H,17,18,19). The third kappa shape index (κ3) is 4.43. The van der Waals surface area contributed by atoms with E-state index < -0.39 is 0 Å². The van der Waals surface area contributed by atoms with E-state index in [1.807, 2.05) is 24.3 Å². The van der Waals surface area contributed by atoms with Crippen LogP contribution in [0.4, 0.5) is 17.5 Å².